The van der Waals surface area contributed by atoms with Crippen LogP contribution in [0.4, 0.5) is 0 Å². The number of methoxy groups -OCH3 is 2. The van der Waals surface area contributed by atoms with Crippen LogP contribution in [0.5, 0.6) is 11.5 Å². The van der Waals surface area contributed by atoms with E-state index in [-0.39, 0.29) is 18.6 Å². The van der Waals surface area contributed by atoms with Gasteiger partial charge in [-0.15, -0.1) is 0 Å². The lowest BCUT2D eigenvalue weighted by Gasteiger charge is -2.26. The van der Waals surface area contributed by atoms with Gasteiger partial charge in [-0.3, -0.25) is 0 Å². The lowest BCUT2D eigenvalue weighted by molar-refractivity contribution is 0.165. The van der Waals surface area contributed by atoms with Crippen LogP contribution in [0.1, 0.15) is 25.5 Å². The molecule has 2 unspecified atom stereocenters. The van der Waals surface area contributed by atoms with E-state index in [9.17, 15) is 5.11 Å². The fourth-order valence-electron chi connectivity index (χ4n) is 2.05. The van der Waals surface area contributed by atoms with Gasteiger partial charge in [0, 0.05) is 18.6 Å². The van der Waals surface area contributed by atoms with E-state index in [4.69, 9.17) is 15.2 Å². The second kappa shape index (κ2) is 6.61. The van der Waals surface area contributed by atoms with Crippen molar-refractivity contribution in [3.8, 4) is 11.5 Å². The van der Waals surface area contributed by atoms with E-state index in [2.05, 4.69) is 13.8 Å². The van der Waals surface area contributed by atoms with Crippen molar-refractivity contribution in [3.63, 3.8) is 0 Å². The van der Waals surface area contributed by atoms with Crippen molar-refractivity contribution in [2.75, 3.05) is 20.8 Å². The molecule has 0 spiro atoms. The van der Waals surface area contributed by atoms with Crippen LogP contribution in [0.3, 0.4) is 0 Å². The molecule has 0 fully saturated rings. The molecule has 1 rings (SSSR count). The van der Waals surface area contributed by atoms with Gasteiger partial charge >= 0.3 is 0 Å². The van der Waals surface area contributed by atoms with Gasteiger partial charge in [0.25, 0.3) is 0 Å². The van der Waals surface area contributed by atoms with Crippen LogP contribution >= 0.6 is 0 Å². The molecule has 0 aliphatic heterocycles. The van der Waals surface area contributed by atoms with Crippen molar-refractivity contribution < 1.29 is 14.6 Å². The van der Waals surface area contributed by atoms with Crippen LogP contribution in [0, 0.1) is 11.8 Å². The minimum atomic E-state index is -0.213. The summed E-state index contributed by atoms with van der Waals surface area (Å²) in [4.78, 5) is 0. The summed E-state index contributed by atoms with van der Waals surface area (Å²) < 4.78 is 10.4. The normalized spacial score (nSPS) is 14.4. The third kappa shape index (κ3) is 3.15. The lowest BCUT2D eigenvalue weighted by Crippen LogP contribution is -2.28. The summed E-state index contributed by atoms with van der Waals surface area (Å²) in [7, 11) is 3.20. The van der Waals surface area contributed by atoms with Crippen molar-refractivity contribution in [2.24, 2.45) is 17.6 Å². The number of ether oxygens (including phenoxy) is 2. The molecule has 0 aliphatic carbocycles. The zero-order valence-electron chi connectivity index (χ0n) is 11.5. The molecule has 0 aliphatic rings. The third-order valence-electron chi connectivity index (χ3n) is 3.32. The van der Waals surface area contributed by atoms with Crippen molar-refractivity contribution in [2.45, 2.75) is 19.9 Å². The van der Waals surface area contributed by atoms with Gasteiger partial charge in [-0.25, -0.2) is 0 Å². The molecular formula is C14H23NO3. The summed E-state index contributed by atoms with van der Waals surface area (Å²) in [6, 6.07) is 5.41. The summed E-state index contributed by atoms with van der Waals surface area (Å²) >= 11 is 0. The Morgan fingerprint density at radius 2 is 1.78 bits per heavy atom. The van der Waals surface area contributed by atoms with Gasteiger partial charge in [-0.2, -0.15) is 0 Å². The first-order chi connectivity index (χ1) is 8.54. The van der Waals surface area contributed by atoms with E-state index in [0.717, 1.165) is 5.56 Å². The maximum Gasteiger partial charge on any atom is 0.161 e. The monoisotopic (exact) mass is 253 g/mol. The molecule has 4 heteroatoms. The Morgan fingerprint density at radius 3 is 2.22 bits per heavy atom. The van der Waals surface area contributed by atoms with Gasteiger partial charge < -0.3 is 20.3 Å². The molecular weight excluding hydrogens is 230 g/mol. The molecule has 0 bridgehead atoms. The molecule has 0 saturated carbocycles. The largest absolute Gasteiger partial charge is 0.493 e. The van der Waals surface area contributed by atoms with E-state index in [1.54, 1.807) is 14.2 Å². The van der Waals surface area contributed by atoms with Crippen molar-refractivity contribution in [3.05, 3.63) is 23.8 Å². The Bertz CT molecular complexity index is 379. The van der Waals surface area contributed by atoms with Gasteiger partial charge in [0.1, 0.15) is 0 Å². The molecule has 0 amide bonds. The maximum atomic E-state index is 9.42. The van der Waals surface area contributed by atoms with Crippen molar-refractivity contribution >= 4 is 0 Å². The predicted molar refractivity (Wildman–Crippen MR) is 71.9 cm³/mol. The van der Waals surface area contributed by atoms with E-state index in [1.807, 2.05) is 18.2 Å². The van der Waals surface area contributed by atoms with Gasteiger partial charge in [-0.05, 0) is 23.6 Å². The molecule has 102 valence electrons. The highest BCUT2D eigenvalue weighted by molar-refractivity contribution is 5.43. The highest BCUT2D eigenvalue weighted by atomic mass is 16.5. The Balaban J connectivity index is 3.02. The number of aliphatic hydroxyl groups excluding tert-OH is 1. The van der Waals surface area contributed by atoms with Crippen molar-refractivity contribution in [1.82, 2.24) is 0 Å². The molecule has 0 radical (unpaired) electrons. The highest BCUT2D eigenvalue weighted by Crippen LogP contribution is 2.33. The number of hydrogen-bond donors (Lipinski definition) is 2. The summed E-state index contributed by atoms with van der Waals surface area (Å²) in [6.45, 7) is 4.19. The molecule has 2 atom stereocenters. The van der Waals surface area contributed by atoms with Crippen molar-refractivity contribution in [1.29, 1.82) is 0 Å². The molecule has 0 aromatic heterocycles. The molecule has 18 heavy (non-hydrogen) atoms. The van der Waals surface area contributed by atoms with Crippen LogP contribution in [0.2, 0.25) is 0 Å². The van der Waals surface area contributed by atoms with E-state index in [0.29, 0.717) is 17.4 Å². The van der Waals surface area contributed by atoms with Gasteiger partial charge in [0.2, 0.25) is 0 Å². The summed E-state index contributed by atoms with van der Waals surface area (Å²) in [6.07, 6.45) is 0. The minimum Gasteiger partial charge on any atom is -0.493 e. The first-order valence-corrected chi connectivity index (χ1v) is 6.13. The number of nitrogens with two attached hydrogens (primary N) is 1. The molecule has 1 aromatic carbocycles. The SMILES string of the molecule is COc1ccc(C(N)C(CO)C(C)C)cc1OC. The summed E-state index contributed by atoms with van der Waals surface area (Å²) in [5, 5.41) is 9.42. The predicted octanol–water partition coefficient (Wildman–Crippen LogP) is 1.97. The summed E-state index contributed by atoms with van der Waals surface area (Å²) in [5.41, 5.74) is 7.15. The smallest absolute Gasteiger partial charge is 0.161 e. The summed E-state index contributed by atoms with van der Waals surface area (Å²) in [5.74, 6) is 1.69. The first-order valence-electron chi connectivity index (χ1n) is 6.13. The quantitative estimate of drug-likeness (QED) is 0.813. The third-order valence-corrected chi connectivity index (χ3v) is 3.32. The van der Waals surface area contributed by atoms with Crippen LogP contribution in [-0.2, 0) is 0 Å². The average molecular weight is 253 g/mol. The van der Waals surface area contributed by atoms with Gasteiger partial charge in [0.05, 0.1) is 14.2 Å². The second-order valence-corrected chi connectivity index (χ2v) is 4.73. The van der Waals surface area contributed by atoms with Gasteiger partial charge in [0.15, 0.2) is 11.5 Å². The fourth-order valence-corrected chi connectivity index (χ4v) is 2.05. The standard InChI is InChI=1S/C14H23NO3/c1-9(2)11(8-16)14(15)10-5-6-12(17-3)13(7-10)18-4/h5-7,9,11,14,16H,8,15H2,1-4H3. The molecule has 3 N–H and O–H groups in total. The number of benzene rings is 1. The molecule has 0 heterocycles. The Hall–Kier alpha value is -1.26. The minimum absolute atomic E-state index is 0.0306. The van der Waals surface area contributed by atoms with Gasteiger partial charge in [-0.1, -0.05) is 19.9 Å². The molecule has 4 nitrogen and oxygen atoms in total. The lowest BCUT2D eigenvalue weighted by atomic mass is 9.85. The van der Waals surface area contributed by atoms with Crippen LogP contribution in [-0.4, -0.2) is 25.9 Å². The fraction of sp³-hybridized carbons (Fsp3) is 0.571. The molecule has 1 aromatic rings. The van der Waals surface area contributed by atoms with Crippen LogP contribution in [0.15, 0.2) is 18.2 Å². The Kier molecular flexibility index (Phi) is 5.44. The zero-order valence-corrected chi connectivity index (χ0v) is 11.5. The van der Waals surface area contributed by atoms with E-state index in [1.165, 1.54) is 0 Å². The zero-order chi connectivity index (χ0) is 13.7. The second-order valence-electron chi connectivity index (χ2n) is 4.73. The number of aliphatic hydroxyl groups is 1. The topological polar surface area (TPSA) is 64.7 Å². The van der Waals surface area contributed by atoms with Crippen LogP contribution < -0.4 is 15.2 Å². The van der Waals surface area contributed by atoms with E-state index >= 15 is 0 Å². The Labute approximate surface area is 109 Å². The average Bonchev–Trinajstić information content (AvgIpc) is 2.38. The number of rotatable bonds is 6. The first kappa shape index (κ1) is 14.8. The number of hydrogen-bond acceptors (Lipinski definition) is 4. The van der Waals surface area contributed by atoms with E-state index < -0.39 is 0 Å². The van der Waals surface area contributed by atoms with Crippen LogP contribution in [0.25, 0.3) is 0 Å². The molecule has 0 saturated heterocycles. The Morgan fingerprint density at radius 1 is 1.17 bits per heavy atom. The maximum absolute atomic E-state index is 9.42. The highest BCUT2D eigenvalue weighted by Gasteiger charge is 2.23.